The Bertz CT molecular complexity index is 639. The number of aromatic nitrogens is 2. The summed E-state index contributed by atoms with van der Waals surface area (Å²) in [7, 11) is 0. The molecule has 0 fully saturated rings. The minimum absolute atomic E-state index is 0.0771. The number of aryl methyl sites for hydroxylation is 2. The summed E-state index contributed by atoms with van der Waals surface area (Å²) in [6.45, 7) is 5.55. The minimum Gasteiger partial charge on any atom is -0.478 e. The number of carboxylic acids is 1. The highest BCUT2D eigenvalue weighted by Crippen LogP contribution is 2.24. The average molecular weight is 258 g/mol. The monoisotopic (exact) mass is 258 g/mol. The summed E-state index contributed by atoms with van der Waals surface area (Å²) in [6, 6.07) is 5.85. The molecule has 0 bridgehead atoms. The number of carbonyl (C=O) groups is 1. The molecule has 0 spiro atoms. The van der Waals surface area contributed by atoms with Crippen LogP contribution in [0, 0.1) is 20.8 Å². The molecule has 1 aromatic carbocycles. The molecule has 0 atom stereocenters. The van der Waals surface area contributed by atoms with E-state index in [2.05, 4.69) is 9.97 Å². The van der Waals surface area contributed by atoms with Crippen LogP contribution in [0.3, 0.4) is 0 Å². The summed E-state index contributed by atoms with van der Waals surface area (Å²) in [5.74, 6) is -0.377. The van der Waals surface area contributed by atoms with Crippen molar-refractivity contribution in [3.8, 4) is 11.8 Å². The molecule has 98 valence electrons. The summed E-state index contributed by atoms with van der Waals surface area (Å²) in [4.78, 5) is 18.8. The van der Waals surface area contributed by atoms with Gasteiger partial charge in [-0.15, -0.1) is 0 Å². The van der Waals surface area contributed by atoms with Crippen LogP contribution in [0.4, 0.5) is 0 Å². The molecule has 0 aliphatic carbocycles. The van der Waals surface area contributed by atoms with Crippen molar-refractivity contribution in [3.63, 3.8) is 0 Å². The molecule has 2 rings (SSSR count). The lowest BCUT2D eigenvalue weighted by Crippen LogP contribution is -2.04. The molecule has 0 amide bonds. The summed E-state index contributed by atoms with van der Waals surface area (Å²) >= 11 is 0. The number of carboxylic acid groups (broad SMARTS) is 1. The largest absolute Gasteiger partial charge is 0.478 e. The van der Waals surface area contributed by atoms with Gasteiger partial charge in [-0.3, -0.25) is 0 Å². The fraction of sp³-hybridized carbons (Fsp3) is 0.214. The maximum atomic E-state index is 10.9. The highest BCUT2D eigenvalue weighted by Gasteiger charge is 2.11. The minimum atomic E-state index is -1.05. The maximum Gasteiger partial charge on any atom is 0.339 e. The fourth-order valence-electron chi connectivity index (χ4n) is 1.64. The molecule has 5 nitrogen and oxygen atoms in total. The number of nitrogens with zero attached hydrogens (tertiary/aromatic N) is 2. The smallest absolute Gasteiger partial charge is 0.339 e. The van der Waals surface area contributed by atoms with Gasteiger partial charge in [-0.1, -0.05) is 12.1 Å². The van der Waals surface area contributed by atoms with Crippen LogP contribution in [0.5, 0.6) is 11.8 Å². The molecule has 0 radical (unpaired) electrons. The van der Waals surface area contributed by atoms with E-state index in [1.165, 1.54) is 6.20 Å². The molecule has 0 saturated heterocycles. The van der Waals surface area contributed by atoms with Crippen molar-refractivity contribution in [3.05, 3.63) is 46.8 Å². The topological polar surface area (TPSA) is 72.3 Å². The number of hydrogen-bond acceptors (Lipinski definition) is 4. The lowest BCUT2D eigenvalue weighted by atomic mass is 10.1. The van der Waals surface area contributed by atoms with Gasteiger partial charge >= 0.3 is 12.0 Å². The third-order valence-corrected chi connectivity index (χ3v) is 2.94. The molecule has 1 heterocycles. The molecule has 0 aliphatic heterocycles. The van der Waals surface area contributed by atoms with Gasteiger partial charge in [-0.25, -0.2) is 9.78 Å². The second kappa shape index (κ2) is 5.06. The molecule has 5 heteroatoms. The van der Waals surface area contributed by atoms with E-state index in [9.17, 15) is 4.79 Å². The van der Waals surface area contributed by atoms with Crippen molar-refractivity contribution < 1.29 is 14.6 Å². The third-order valence-electron chi connectivity index (χ3n) is 2.94. The van der Waals surface area contributed by atoms with Gasteiger partial charge in [0, 0.05) is 6.20 Å². The molecular formula is C14H14N2O3. The van der Waals surface area contributed by atoms with Gasteiger partial charge in [0.1, 0.15) is 5.75 Å². The van der Waals surface area contributed by atoms with E-state index < -0.39 is 5.97 Å². The standard InChI is InChI=1S/C14H14N2O3/c1-8-5-4-6-12(9(8)2)19-14-15-7-11(13(17)18)10(3)16-14/h4-7H,1-3H3,(H,17,18). The van der Waals surface area contributed by atoms with Crippen LogP contribution in [-0.2, 0) is 0 Å². The SMILES string of the molecule is Cc1cccc(Oc2ncc(C(=O)O)c(C)n2)c1C. The van der Waals surface area contributed by atoms with E-state index in [4.69, 9.17) is 9.84 Å². The summed E-state index contributed by atoms with van der Waals surface area (Å²) in [6.07, 6.45) is 1.26. The molecule has 1 aromatic heterocycles. The molecule has 0 saturated carbocycles. The number of hydrogen-bond donors (Lipinski definition) is 1. The molecule has 0 aliphatic rings. The molecule has 2 aromatic rings. The number of ether oxygens (including phenoxy) is 1. The third kappa shape index (κ3) is 2.70. The Morgan fingerprint density at radius 3 is 2.63 bits per heavy atom. The summed E-state index contributed by atoms with van der Waals surface area (Å²) in [5, 5.41) is 8.91. The first kappa shape index (κ1) is 13.0. The van der Waals surface area contributed by atoms with Crippen molar-refractivity contribution in [2.45, 2.75) is 20.8 Å². The quantitative estimate of drug-likeness (QED) is 0.916. The summed E-state index contributed by atoms with van der Waals surface area (Å²) < 4.78 is 5.59. The second-order valence-corrected chi connectivity index (χ2v) is 4.26. The zero-order valence-electron chi connectivity index (χ0n) is 11.0. The second-order valence-electron chi connectivity index (χ2n) is 4.26. The maximum absolute atomic E-state index is 10.9. The predicted octanol–water partition coefficient (Wildman–Crippen LogP) is 2.89. The van der Waals surface area contributed by atoms with Crippen LogP contribution in [0.25, 0.3) is 0 Å². The lowest BCUT2D eigenvalue weighted by Gasteiger charge is -2.09. The zero-order chi connectivity index (χ0) is 14.0. The first-order valence-electron chi connectivity index (χ1n) is 5.80. The van der Waals surface area contributed by atoms with Crippen LogP contribution in [0.1, 0.15) is 27.2 Å². The van der Waals surface area contributed by atoms with Crippen molar-refractivity contribution in [1.82, 2.24) is 9.97 Å². The van der Waals surface area contributed by atoms with Crippen molar-refractivity contribution in [2.24, 2.45) is 0 Å². The van der Waals surface area contributed by atoms with Gasteiger partial charge in [0.05, 0.1) is 11.3 Å². The van der Waals surface area contributed by atoms with Gasteiger partial charge in [0.25, 0.3) is 0 Å². The Balaban J connectivity index is 2.32. The Kier molecular flexibility index (Phi) is 3.46. The van der Waals surface area contributed by atoms with Crippen molar-refractivity contribution in [1.29, 1.82) is 0 Å². The number of rotatable bonds is 3. The molecule has 19 heavy (non-hydrogen) atoms. The van der Waals surface area contributed by atoms with E-state index >= 15 is 0 Å². The van der Waals surface area contributed by atoms with Crippen LogP contribution in [0.2, 0.25) is 0 Å². The van der Waals surface area contributed by atoms with Crippen LogP contribution >= 0.6 is 0 Å². The summed E-state index contributed by atoms with van der Waals surface area (Å²) in [5.41, 5.74) is 2.57. The average Bonchev–Trinajstić information content (AvgIpc) is 2.34. The van der Waals surface area contributed by atoms with Gasteiger partial charge < -0.3 is 9.84 Å². The Morgan fingerprint density at radius 2 is 2.00 bits per heavy atom. The predicted molar refractivity (Wildman–Crippen MR) is 69.7 cm³/mol. The molecule has 0 unspecified atom stereocenters. The first-order chi connectivity index (χ1) is 8.99. The van der Waals surface area contributed by atoms with E-state index in [-0.39, 0.29) is 11.6 Å². The zero-order valence-corrected chi connectivity index (χ0v) is 11.0. The number of aromatic carboxylic acids is 1. The van der Waals surface area contributed by atoms with E-state index in [1.807, 2.05) is 32.0 Å². The lowest BCUT2D eigenvalue weighted by molar-refractivity contribution is 0.0695. The van der Waals surface area contributed by atoms with E-state index in [1.54, 1.807) is 6.92 Å². The normalized spacial score (nSPS) is 10.3. The highest BCUT2D eigenvalue weighted by molar-refractivity contribution is 5.88. The molecule has 1 N–H and O–H groups in total. The van der Waals surface area contributed by atoms with E-state index in [0.29, 0.717) is 11.4 Å². The van der Waals surface area contributed by atoms with Crippen LogP contribution in [-0.4, -0.2) is 21.0 Å². The first-order valence-corrected chi connectivity index (χ1v) is 5.80. The number of benzene rings is 1. The fourth-order valence-corrected chi connectivity index (χ4v) is 1.64. The van der Waals surface area contributed by atoms with Gasteiger partial charge in [-0.2, -0.15) is 4.98 Å². The van der Waals surface area contributed by atoms with Gasteiger partial charge in [0.15, 0.2) is 0 Å². The van der Waals surface area contributed by atoms with Gasteiger partial charge in [0.2, 0.25) is 0 Å². The molecular weight excluding hydrogens is 244 g/mol. The Hall–Kier alpha value is -2.43. The van der Waals surface area contributed by atoms with Crippen molar-refractivity contribution >= 4 is 5.97 Å². The van der Waals surface area contributed by atoms with E-state index in [0.717, 1.165) is 11.1 Å². The van der Waals surface area contributed by atoms with Crippen molar-refractivity contribution in [2.75, 3.05) is 0 Å². The van der Waals surface area contributed by atoms with Crippen LogP contribution < -0.4 is 4.74 Å². The highest BCUT2D eigenvalue weighted by atomic mass is 16.5. The van der Waals surface area contributed by atoms with Crippen LogP contribution in [0.15, 0.2) is 24.4 Å². The Morgan fingerprint density at radius 1 is 1.26 bits per heavy atom. The Labute approximate surface area is 110 Å². The van der Waals surface area contributed by atoms with Gasteiger partial charge in [-0.05, 0) is 38.0 Å².